The molecule has 2 aromatic carbocycles. The van der Waals surface area contributed by atoms with E-state index in [4.69, 9.17) is 32.7 Å². The fourth-order valence-corrected chi connectivity index (χ4v) is 2.29. The Morgan fingerprint density at radius 3 is 2.60 bits per heavy atom. The van der Waals surface area contributed by atoms with Gasteiger partial charge in [-0.1, -0.05) is 23.2 Å². The molecule has 0 aliphatic heterocycles. The Morgan fingerprint density at radius 2 is 1.96 bits per heavy atom. The third kappa shape index (κ3) is 5.23. The van der Waals surface area contributed by atoms with Crippen LogP contribution in [0, 0.1) is 10.1 Å². The summed E-state index contributed by atoms with van der Waals surface area (Å²) < 4.78 is 10.5. The molecule has 0 aliphatic carbocycles. The minimum Gasteiger partial charge on any atom is -0.465 e. The molecular formula is C16H14Cl2N2O5. The second kappa shape index (κ2) is 8.55. The molecule has 0 spiro atoms. The van der Waals surface area contributed by atoms with Crippen molar-refractivity contribution in [2.45, 2.75) is 6.92 Å². The fraction of sp³-hybridized carbons (Fsp3) is 0.188. The van der Waals surface area contributed by atoms with Crippen LogP contribution in [0.4, 0.5) is 11.4 Å². The van der Waals surface area contributed by atoms with Gasteiger partial charge in [0, 0.05) is 23.2 Å². The molecule has 2 rings (SSSR count). The van der Waals surface area contributed by atoms with Gasteiger partial charge in [0.05, 0.1) is 22.2 Å². The van der Waals surface area contributed by atoms with Crippen molar-refractivity contribution in [3.05, 3.63) is 56.6 Å². The van der Waals surface area contributed by atoms with Gasteiger partial charge in [0.1, 0.15) is 12.3 Å². The van der Waals surface area contributed by atoms with E-state index in [0.29, 0.717) is 16.5 Å². The lowest BCUT2D eigenvalue weighted by atomic mass is 10.2. The number of nitro groups is 1. The second-order valence-electron chi connectivity index (χ2n) is 4.77. The summed E-state index contributed by atoms with van der Waals surface area (Å²) in [7, 11) is 0. The highest BCUT2D eigenvalue weighted by Crippen LogP contribution is 2.36. The van der Waals surface area contributed by atoms with E-state index in [2.05, 4.69) is 5.32 Å². The number of carbonyl (C=O) groups excluding carboxylic acids is 1. The summed E-state index contributed by atoms with van der Waals surface area (Å²) in [6.07, 6.45) is 0. The van der Waals surface area contributed by atoms with Crippen LogP contribution < -0.4 is 10.1 Å². The summed E-state index contributed by atoms with van der Waals surface area (Å²) in [4.78, 5) is 21.7. The molecule has 25 heavy (non-hydrogen) atoms. The van der Waals surface area contributed by atoms with E-state index in [9.17, 15) is 14.9 Å². The van der Waals surface area contributed by atoms with Crippen molar-refractivity contribution in [3.63, 3.8) is 0 Å². The fourth-order valence-electron chi connectivity index (χ4n) is 1.91. The van der Waals surface area contributed by atoms with Crippen LogP contribution in [0.3, 0.4) is 0 Å². The summed E-state index contributed by atoms with van der Waals surface area (Å²) in [5, 5.41) is 14.1. The van der Waals surface area contributed by atoms with Crippen LogP contribution in [-0.2, 0) is 9.53 Å². The van der Waals surface area contributed by atoms with E-state index in [1.807, 2.05) is 0 Å². The molecule has 1 N–H and O–H groups in total. The molecule has 0 amide bonds. The first kappa shape index (κ1) is 18.8. The average Bonchev–Trinajstić information content (AvgIpc) is 2.56. The Labute approximate surface area is 153 Å². The van der Waals surface area contributed by atoms with Crippen molar-refractivity contribution in [3.8, 4) is 11.5 Å². The largest absolute Gasteiger partial charge is 0.465 e. The number of nitrogens with one attached hydrogen (secondary N) is 1. The number of nitrogens with zero attached hydrogens (tertiary/aromatic N) is 1. The zero-order chi connectivity index (χ0) is 18.4. The van der Waals surface area contributed by atoms with Crippen molar-refractivity contribution < 1.29 is 19.2 Å². The average molecular weight is 385 g/mol. The Hall–Kier alpha value is -2.51. The molecule has 9 heteroatoms. The third-order valence-corrected chi connectivity index (χ3v) is 3.55. The highest BCUT2D eigenvalue weighted by atomic mass is 35.5. The molecule has 0 saturated heterocycles. The molecule has 0 fully saturated rings. The molecule has 0 bridgehead atoms. The van der Waals surface area contributed by atoms with Crippen LogP contribution in [0.15, 0.2) is 36.4 Å². The zero-order valence-corrected chi connectivity index (χ0v) is 14.6. The monoisotopic (exact) mass is 384 g/mol. The highest BCUT2D eigenvalue weighted by Gasteiger charge is 2.14. The summed E-state index contributed by atoms with van der Waals surface area (Å²) in [6.45, 7) is 1.94. The highest BCUT2D eigenvalue weighted by molar-refractivity contribution is 6.32. The van der Waals surface area contributed by atoms with Crippen LogP contribution in [0.5, 0.6) is 11.5 Å². The van der Waals surface area contributed by atoms with Crippen LogP contribution in [0.1, 0.15) is 6.92 Å². The molecule has 2 aromatic rings. The topological polar surface area (TPSA) is 90.7 Å². The van der Waals surface area contributed by atoms with Crippen molar-refractivity contribution in [1.82, 2.24) is 0 Å². The SMILES string of the molecule is CCOC(=O)CNc1ccc(Cl)cc1Oc1ccc([N+](=O)[O-])cc1Cl. The number of halogens is 2. The molecule has 0 aliphatic rings. The summed E-state index contributed by atoms with van der Waals surface area (Å²) >= 11 is 12.0. The first-order valence-corrected chi connectivity index (χ1v) is 7.97. The quantitative estimate of drug-likeness (QED) is 0.423. The minimum absolute atomic E-state index is 0.0557. The normalized spacial score (nSPS) is 10.2. The molecule has 0 unspecified atom stereocenters. The number of ether oxygens (including phenoxy) is 2. The van der Waals surface area contributed by atoms with E-state index in [1.165, 1.54) is 24.3 Å². The molecule has 0 heterocycles. The van der Waals surface area contributed by atoms with Crippen molar-refractivity contribution in [2.75, 3.05) is 18.5 Å². The lowest BCUT2D eigenvalue weighted by molar-refractivity contribution is -0.384. The second-order valence-corrected chi connectivity index (χ2v) is 5.62. The van der Waals surface area contributed by atoms with E-state index < -0.39 is 10.9 Å². The van der Waals surface area contributed by atoms with E-state index in [-0.39, 0.29) is 29.6 Å². The number of rotatable bonds is 7. The van der Waals surface area contributed by atoms with Gasteiger partial charge in [0.15, 0.2) is 5.75 Å². The number of non-ortho nitro benzene ring substituents is 1. The van der Waals surface area contributed by atoms with Gasteiger partial charge in [0.2, 0.25) is 0 Å². The molecule has 0 atom stereocenters. The number of esters is 1. The maximum atomic E-state index is 11.5. The maximum absolute atomic E-state index is 11.5. The van der Waals surface area contributed by atoms with Crippen LogP contribution in [0.2, 0.25) is 10.0 Å². The summed E-state index contributed by atoms with van der Waals surface area (Å²) in [5.74, 6) is 0.109. The Balaban J connectivity index is 2.22. The van der Waals surface area contributed by atoms with Gasteiger partial charge in [-0.3, -0.25) is 14.9 Å². The molecule has 0 radical (unpaired) electrons. The summed E-state index contributed by atoms with van der Waals surface area (Å²) in [6, 6.07) is 8.64. The van der Waals surface area contributed by atoms with Gasteiger partial charge in [-0.25, -0.2) is 0 Å². The molecule has 132 valence electrons. The predicted octanol–water partition coefficient (Wildman–Crippen LogP) is 4.67. The third-order valence-electron chi connectivity index (χ3n) is 3.02. The maximum Gasteiger partial charge on any atom is 0.325 e. The molecule has 7 nitrogen and oxygen atoms in total. The van der Waals surface area contributed by atoms with Crippen molar-refractivity contribution >= 4 is 40.5 Å². The van der Waals surface area contributed by atoms with Gasteiger partial charge in [-0.15, -0.1) is 0 Å². The first-order valence-electron chi connectivity index (χ1n) is 7.21. The van der Waals surface area contributed by atoms with Crippen molar-refractivity contribution in [1.29, 1.82) is 0 Å². The van der Waals surface area contributed by atoms with Gasteiger partial charge in [-0.2, -0.15) is 0 Å². The number of benzene rings is 2. The van der Waals surface area contributed by atoms with Gasteiger partial charge in [-0.05, 0) is 25.1 Å². The smallest absolute Gasteiger partial charge is 0.325 e. The van der Waals surface area contributed by atoms with Gasteiger partial charge >= 0.3 is 5.97 Å². The lowest BCUT2D eigenvalue weighted by Crippen LogP contribution is -2.16. The van der Waals surface area contributed by atoms with Gasteiger partial charge in [0.25, 0.3) is 5.69 Å². The molecule has 0 saturated carbocycles. The number of hydrogen-bond acceptors (Lipinski definition) is 6. The first-order chi connectivity index (χ1) is 11.9. The minimum atomic E-state index is -0.554. The number of hydrogen-bond donors (Lipinski definition) is 1. The van der Waals surface area contributed by atoms with Crippen LogP contribution in [-0.4, -0.2) is 24.0 Å². The summed E-state index contributed by atoms with van der Waals surface area (Å²) in [5.41, 5.74) is 0.343. The van der Waals surface area contributed by atoms with E-state index >= 15 is 0 Å². The predicted molar refractivity (Wildman–Crippen MR) is 94.8 cm³/mol. The van der Waals surface area contributed by atoms with Crippen LogP contribution >= 0.6 is 23.2 Å². The molecular weight excluding hydrogens is 371 g/mol. The molecule has 0 aromatic heterocycles. The number of nitro benzene ring substituents is 1. The number of carbonyl (C=O) groups is 1. The standard InChI is InChI=1S/C16H14Cl2N2O5/c1-2-24-16(21)9-19-13-5-3-10(17)7-15(13)25-14-6-4-11(20(22)23)8-12(14)18/h3-8,19H,2,9H2,1H3. The van der Waals surface area contributed by atoms with E-state index in [0.717, 1.165) is 0 Å². The Bertz CT molecular complexity index is 798. The Kier molecular flexibility index (Phi) is 6.44. The lowest BCUT2D eigenvalue weighted by Gasteiger charge is -2.14. The van der Waals surface area contributed by atoms with Crippen molar-refractivity contribution in [2.24, 2.45) is 0 Å². The number of anilines is 1. The zero-order valence-electron chi connectivity index (χ0n) is 13.1. The van der Waals surface area contributed by atoms with Gasteiger partial charge < -0.3 is 14.8 Å². The Morgan fingerprint density at radius 1 is 1.20 bits per heavy atom. The van der Waals surface area contributed by atoms with Crippen LogP contribution in [0.25, 0.3) is 0 Å². The van der Waals surface area contributed by atoms with E-state index in [1.54, 1.807) is 19.1 Å².